The predicted molar refractivity (Wildman–Crippen MR) is 121 cm³/mol. The molecule has 1 N–H and O–H groups in total. The Balaban J connectivity index is 1.91. The zero-order valence-corrected chi connectivity index (χ0v) is 21.1. The van der Waals surface area contributed by atoms with E-state index < -0.39 is 84.0 Å². The molecule has 0 saturated heterocycles. The van der Waals surface area contributed by atoms with E-state index in [-0.39, 0.29) is 5.56 Å². The Morgan fingerprint density at radius 1 is 0.829 bits per heavy atom. The van der Waals surface area contributed by atoms with Crippen molar-refractivity contribution < 1.29 is 65.3 Å². The number of hydrogen-bond donors (Lipinski definition) is 1. The van der Waals surface area contributed by atoms with Gasteiger partial charge in [0.15, 0.2) is 5.75 Å². The highest BCUT2D eigenvalue weighted by Crippen LogP contribution is 2.46. The highest BCUT2D eigenvalue weighted by atomic mass is 32.2. The van der Waals surface area contributed by atoms with Gasteiger partial charge in [-0.1, -0.05) is 12.1 Å². The van der Waals surface area contributed by atoms with Crippen LogP contribution >= 0.6 is 0 Å². The third-order valence-corrected chi connectivity index (χ3v) is 7.94. The molecule has 0 amide bonds. The van der Waals surface area contributed by atoms with E-state index in [0.29, 0.717) is 40.7 Å². The van der Waals surface area contributed by atoms with E-state index in [1.807, 2.05) is 0 Å². The molecule has 1 aliphatic rings. The van der Waals surface area contributed by atoms with Crippen molar-refractivity contribution in [1.82, 2.24) is 4.98 Å². The minimum atomic E-state index is -6.38. The molecule has 0 bridgehead atoms. The number of pyridine rings is 1. The molecule has 222 valence electrons. The van der Waals surface area contributed by atoms with E-state index in [1.54, 1.807) is 0 Å². The van der Waals surface area contributed by atoms with Crippen LogP contribution in [0.1, 0.15) is 11.3 Å². The molecule has 2 aromatic carbocycles. The van der Waals surface area contributed by atoms with Crippen LogP contribution in [0.2, 0.25) is 0 Å². The highest BCUT2D eigenvalue weighted by Gasteiger charge is 2.49. The largest absolute Gasteiger partial charge is 0.573 e. The van der Waals surface area contributed by atoms with Gasteiger partial charge in [-0.2, -0.15) is 34.8 Å². The number of nitrogens with one attached hydrogen (secondary N) is 1. The van der Waals surface area contributed by atoms with Crippen LogP contribution in [-0.4, -0.2) is 33.7 Å². The number of anilines is 3. The van der Waals surface area contributed by atoms with Crippen molar-refractivity contribution in [2.75, 3.05) is 9.62 Å². The summed E-state index contributed by atoms with van der Waals surface area (Å²) in [5, 5.41) is 2.35. The number of nitrogens with zero attached hydrogens (tertiary/aromatic N) is 2. The molecular formula is C21H12F9N3O6S2. The van der Waals surface area contributed by atoms with Crippen LogP contribution < -0.4 is 18.5 Å². The Bertz CT molecular complexity index is 1690. The molecule has 9 nitrogen and oxygen atoms in total. The molecule has 0 fully saturated rings. The van der Waals surface area contributed by atoms with Crippen LogP contribution in [0.3, 0.4) is 0 Å². The van der Waals surface area contributed by atoms with Crippen molar-refractivity contribution in [2.45, 2.75) is 29.5 Å². The van der Waals surface area contributed by atoms with E-state index in [9.17, 15) is 56.3 Å². The standard InChI is InChI=1S/C21H12F9N3O6S2/c22-19(23,24)16-9-4-11-10-33(40(34,35)13-7-5-12(6-8-13)38-20(25,26)27)17-14(31-18(11)32-16)2-1-3-15(17)39-41(36,37)21(28,29)30/h1-9H,10H2,(H,31,32). The van der Waals surface area contributed by atoms with Crippen LogP contribution in [0.25, 0.3) is 0 Å². The Morgan fingerprint density at radius 2 is 1.46 bits per heavy atom. The Kier molecular flexibility index (Phi) is 7.22. The van der Waals surface area contributed by atoms with Gasteiger partial charge >= 0.3 is 28.2 Å². The lowest BCUT2D eigenvalue weighted by Gasteiger charge is -2.26. The molecular weight excluding hydrogens is 625 g/mol. The summed E-state index contributed by atoms with van der Waals surface area (Å²) in [4.78, 5) is 2.65. The second-order valence-electron chi connectivity index (χ2n) is 7.99. The number of hydrogen-bond acceptors (Lipinski definition) is 8. The molecule has 0 aliphatic carbocycles. The number of benzene rings is 2. The molecule has 3 aromatic rings. The molecule has 1 aromatic heterocycles. The molecule has 2 heterocycles. The van der Waals surface area contributed by atoms with E-state index in [1.165, 1.54) is 0 Å². The second kappa shape index (κ2) is 9.86. The van der Waals surface area contributed by atoms with Gasteiger partial charge in [-0.05, 0) is 42.5 Å². The van der Waals surface area contributed by atoms with Gasteiger partial charge < -0.3 is 14.2 Å². The Morgan fingerprint density at radius 3 is 2.02 bits per heavy atom. The van der Waals surface area contributed by atoms with Gasteiger partial charge in [0.1, 0.15) is 22.9 Å². The molecule has 0 saturated carbocycles. The number of para-hydroxylation sites is 1. The average Bonchev–Trinajstić information content (AvgIpc) is 2.99. The number of sulfonamides is 1. The summed E-state index contributed by atoms with van der Waals surface area (Å²) in [6.45, 7) is -0.934. The van der Waals surface area contributed by atoms with Crippen molar-refractivity contribution >= 4 is 37.3 Å². The fourth-order valence-corrected chi connectivity index (χ4v) is 5.44. The number of ether oxygens (including phenoxy) is 1. The van der Waals surface area contributed by atoms with Crippen molar-refractivity contribution in [1.29, 1.82) is 0 Å². The number of halogens is 9. The lowest BCUT2D eigenvalue weighted by molar-refractivity contribution is -0.274. The fraction of sp³-hybridized carbons (Fsp3) is 0.190. The van der Waals surface area contributed by atoms with Crippen LogP contribution in [0.15, 0.2) is 59.5 Å². The van der Waals surface area contributed by atoms with Crippen molar-refractivity contribution in [3.05, 3.63) is 65.9 Å². The number of fused-ring (bicyclic) bond motifs is 2. The molecule has 41 heavy (non-hydrogen) atoms. The van der Waals surface area contributed by atoms with Gasteiger partial charge in [0, 0.05) is 5.56 Å². The van der Waals surface area contributed by atoms with Crippen LogP contribution in [0.4, 0.5) is 56.7 Å². The molecule has 0 atom stereocenters. The Labute approximate surface area is 224 Å². The van der Waals surface area contributed by atoms with Gasteiger partial charge in [-0.25, -0.2) is 13.4 Å². The number of alkyl halides is 9. The predicted octanol–water partition coefficient (Wildman–Crippen LogP) is 5.68. The topological polar surface area (TPSA) is 115 Å². The van der Waals surface area contributed by atoms with E-state index in [4.69, 9.17) is 0 Å². The fourth-order valence-electron chi connectivity index (χ4n) is 3.50. The number of aromatic nitrogens is 1. The van der Waals surface area contributed by atoms with E-state index in [2.05, 4.69) is 19.2 Å². The zero-order valence-electron chi connectivity index (χ0n) is 19.5. The first-order chi connectivity index (χ1) is 18.7. The van der Waals surface area contributed by atoms with Gasteiger partial charge in [0.2, 0.25) is 0 Å². The molecule has 20 heteroatoms. The van der Waals surface area contributed by atoms with Crippen molar-refractivity contribution in [3.63, 3.8) is 0 Å². The van der Waals surface area contributed by atoms with Crippen LogP contribution in [0, 0.1) is 0 Å². The third-order valence-electron chi connectivity index (χ3n) is 5.21. The second-order valence-corrected chi connectivity index (χ2v) is 11.4. The average molecular weight is 637 g/mol. The molecule has 4 rings (SSSR count). The summed E-state index contributed by atoms with van der Waals surface area (Å²) in [6.07, 6.45) is -10.1. The maximum absolute atomic E-state index is 13.7. The minimum Gasteiger partial charge on any atom is -0.406 e. The van der Waals surface area contributed by atoms with E-state index >= 15 is 0 Å². The quantitative estimate of drug-likeness (QED) is 0.216. The summed E-state index contributed by atoms with van der Waals surface area (Å²) in [6, 6.07) is 6.39. The van der Waals surface area contributed by atoms with Crippen LogP contribution in [-0.2, 0) is 32.9 Å². The molecule has 0 radical (unpaired) electrons. The minimum absolute atomic E-state index is 0.251. The van der Waals surface area contributed by atoms with Crippen molar-refractivity contribution in [2.24, 2.45) is 0 Å². The maximum atomic E-state index is 13.7. The summed E-state index contributed by atoms with van der Waals surface area (Å²) >= 11 is 0. The number of rotatable bonds is 5. The lowest BCUT2D eigenvalue weighted by atomic mass is 10.2. The lowest BCUT2D eigenvalue weighted by Crippen LogP contribution is -2.32. The SMILES string of the molecule is O=S(=O)(c1ccc(OC(F)(F)F)cc1)N1Cc2ccc(C(F)(F)F)nc2Nc2cccc(OS(=O)(=O)C(F)(F)F)c21. The van der Waals surface area contributed by atoms with Gasteiger partial charge in [-0.3, -0.25) is 4.31 Å². The van der Waals surface area contributed by atoms with Crippen molar-refractivity contribution in [3.8, 4) is 11.5 Å². The maximum Gasteiger partial charge on any atom is 0.573 e. The first-order valence-corrected chi connectivity index (χ1v) is 13.4. The summed E-state index contributed by atoms with van der Waals surface area (Å²) < 4.78 is 176. The summed E-state index contributed by atoms with van der Waals surface area (Å²) in [7, 11) is -11.4. The monoisotopic (exact) mass is 637 g/mol. The van der Waals surface area contributed by atoms with E-state index in [0.717, 1.165) is 18.2 Å². The van der Waals surface area contributed by atoms with Crippen LogP contribution in [0.5, 0.6) is 11.5 Å². The Hall–Kier alpha value is -3.94. The highest BCUT2D eigenvalue weighted by molar-refractivity contribution is 7.92. The third kappa shape index (κ3) is 6.21. The normalized spacial score (nSPS) is 14.4. The molecule has 1 aliphatic heterocycles. The summed E-state index contributed by atoms with van der Waals surface area (Å²) in [5.74, 6) is -2.61. The first-order valence-electron chi connectivity index (χ1n) is 10.6. The first kappa shape index (κ1) is 30.0. The van der Waals surface area contributed by atoms with Gasteiger partial charge in [0.05, 0.1) is 17.1 Å². The van der Waals surface area contributed by atoms with Gasteiger partial charge in [0.25, 0.3) is 10.0 Å². The molecule has 0 unspecified atom stereocenters. The summed E-state index contributed by atoms with van der Waals surface area (Å²) in [5.41, 5.74) is -9.06. The van der Waals surface area contributed by atoms with Gasteiger partial charge in [-0.15, -0.1) is 13.2 Å². The zero-order chi connectivity index (χ0) is 30.6. The molecule has 0 spiro atoms. The smallest absolute Gasteiger partial charge is 0.406 e.